The maximum atomic E-state index is 14.0. The number of aryl methyl sites for hydroxylation is 4. The van der Waals surface area contributed by atoms with E-state index in [4.69, 9.17) is 22.4 Å². The lowest BCUT2D eigenvalue weighted by molar-refractivity contribution is 0.0594. The number of esters is 2. The molecule has 314 valence electrons. The van der Waals surface area contributed by atoms with E-state index in [9.17, 15) is 9.59 Å². The Bertz CT molecular complexity index is 3220. The van der Waals surface area contributed by atoms with Gasteiger partial charge in [-0.25, -0.2) is 9.59 Å². The fraction of sp³-hybridized carbons (Fsp3) is 0.296. The van der Waals surface area contributed by atoms with E-state index >= 15 is 0 Å². The van der Waals surface area contributed by atoms with Crippen molar-refractivity contribution in [3.8, 4) is 0 Å². The zero-order chi connectivity index (χ0) is 43.3. The molecule has 8 heteroatoms. The van der Waals surface area contributed by atoms with Gasteiger partial charge in [-0.15, -0.1) is 0 Å². The summed E-state index contributed by atoms with van der Waals surface area (Å²) in [5.41, 5.74) is 6.33. The number of carbonyl (C=O) groups is 2. The molecule has 0 spiro atoms. The largest absolute Gasteiger partial charge is 0.465 e. The van der Waals surface area contributed by atoms with Crippen molar-refractivity contribution in [1.29, 1.82) is 0 Å². The van der Waals surface area contributed by atoms with Crippen LogP contribution in [-0.2, 0) is 9.47 Å². The van der Waals surface area contributed by atoms with Crippen molar-refractivity contribution < 1.29 is 32.0 Å². The van der Waals surface area contributed by atoms with Crippen molar-refractivity contribution in [1.82, 2.24) is 0 Å². The van der Waals surface area contributed by atoms with Crippen LogP contribution in [0.2, 0.25) is 0 Å². The maximum Gasteiger partial charge on any atom is 0.387 e. The average Bonchev–Trinajstić information content (AvgIpc) is 3.43. The number of ether oxygens (including phenoxy) is 2. The minimum Gasteiger partial charge on any atom is -0.465 e. The van der Waals surface area contributed by atoms with E-state index in [2.05, 4.69) is 97.0 Å². The number of methoxy groups -OCH3 is 2. The molecule has 1 fully saturated rings. The molecule has 0 amide bonds. The van der Waals surface area contributed by atoms with E-state index in [0.717, 1.165) is 117 Å². The lowest BCUT2D eigenvalue weighted by Crippen LogP contribution is -2.35. The molecule has 1 aliphatic carbocycles. The Morgan fingerprint density at radius 1 is 0.565 bits per heavy atom. The van der Waals surface area contributed by atoms with Crippen LogP contribution in [0, 0.1) is 45.4 Å². The van der Waals surface area contributed by atoms with E-state index < -0.39 is 20.2 Å². The third-order valence-electron chi connectivity index (χ3n) is 13.8. The van der Waals surface area contributed by atoms with E-state index in [1.807, 2.05) is 36.4 Å². The van der Waals surface area contributed by atoms with Gasteiger partial charge in [-0.05, 0) is 147 Å². The van der Waals surface area contributed by atoms with Gasteiger partial charge in [0.15, 0.2) is 11.2 Å². The lowest BCUT2D eigenvalue weighted by atomic mass is 9.75. The Morgan fingerprint density at radius 3 is 1.37 bits per heavy atom. The second-order valence-electron chi connectivity index (χ2n) is 18.0. The summed E-state index contributed by atoms with van der Waals surface area (Å²) < 4.78 is 33.1. The van der Waals surface area contributed by atoms with E-state index in [-0.39, 0.29) is 6.10 Å². The van der Waals surface area contributed by atoms with E-state index in [1.165, 1.54) is 14.2 Å². The number of hydrogen-bond acceptors (Lipinski definition) is 7. The van der Waals surface area contributed by atoms with Crippen molar-refractivity contribution >= 4 is 107 Å². The van der Waals surface area contributed by atoms with Crippen LogP contribution in [0.1, 0.15) is 83.0 Å². The van der Waals surface area contributed by atoms with Crippen molar-refractivity contribution in [3.05, 3.63) is 118 Å². The Kier molecular flexibility index (Phi) is 9.85. The third kappa shape index (κ3) is 6.03. The van der Waals surface area contributed by atoms with Gasteiger partial charge in [0.25, 0.3) is 0 Å². The second-order valence-corrected chi connectivity index (χ2v) is 19.0. The van der Waals surface area contributed by atoms with Crippen molar-refractivity contribution in [2.75, 3.05) is 14.2 Å². The standard InChI is InChI=1S/C54H51O7P/c1-27(2)33-23-22-28(3)24-42(33)59-62-60-51-36-20-12-16-31(6)45(36)47-40(25-38(53(55)57-8)34-18-10-14-29(4)43(34)47)49(51)50-41-26-39(54(56)58-9)35-19-11-15-30(5)44(35)48(41)46-32(7)17-13-21-37(46)52(50)61-62/h10-21,25-28,33,42H,22-24H2,1-9H3/t28-,33+,42-/m0/s1. The predicted molar refractivity (Wildman–Crippen MR) is 255 cm³/mol. The van der Waals surface area contributed by atoms with Crippen molar-refractivity contribution in [2.45, 2.75) is 73.8 Å². The molecule has 9 aromatic rings. The molecule has 10 rings (SSSR count). The summed E-state index contributed by atoms with van der Waals surface area (Å²) in [6, 6.07) is 28.8. The normalized spacial score (nSPS) is 17.1. The second kappa shape index (κ2) is 15.2. The predicted octanol–water partition coefficient (Wildman–Crippen LogP) is 14.9. The SMILES string of the molecule is COC(=O)c1cc2c(c3c(C)cccc13)c1c(C)cccc1c1op(O[C@H]3C[C@@H](C)CC[C@@H]3C(C)C)oc3c4cccc(C)c4c4c(cc(C(=O)OC)c5cccc(C)c54)c3c21. The molecular formula is C54H51O7P. The summed E-state index contributed by atoms with van der Waals surface area (Å²) in [7, 11) is 0.801. The molecule has 3 atom stereocenters. The van der Waals surface area contributed by atoms with Crippen LogP contribution in [0.3, 0.4) is 0 Å². The minimum absolute atomic E-state index is 0.0770. The van der Waals surface area contributed by atoms with Crippen LogP contribution >= 0.6 is 8.24 Å². The third-order valence-corrected chi connectivity index (χ3v) is 15.0. The van der Waals surface area contributed by atoms with Gasteiger partial charge >= 0.3 is 20.2 Å². The van der Waals surface area contributed by atoms with Crippen LogP contribution in [0.5, 0.6) is 0 Å². The average molecular weight is 843 g/mol. The van der Waals surface area contributed by atoms with Gasteiger partial charge in [0.05, 0.1) is 31.5 Å². The Hall–Kier alpha value is -5.88. The summed E-state index contributed by atoms with van der Waals surface area (Å²) in [6.45, 7) is 15.3. The van der Waals surface area contributed by atoms with Crippen LogP contribution < -0.4 is 4.52 Å². The molecule has 0 radical (unpaired) electrons. The van der Waals surface area contributed by atoms with Gasteiger partial charge in [-0.2, -0.15) is 0 Å². The Labute approximate surface area is 361 Å². The first-order chi connectivity index (χ1) is 29.9. The topological polar surface area (TPSA) is 88.1 Å². The Morgan fingerprint density at radius 2 is 0.968 bits per heavy atom. The number of carbonyl (C=O) groups excluding carboxylic acids is 2. The number of rotatable bonds is 5. The highest BCUT2D eigenvalue weighted by molar-refractivity contribution is 7.31. The van der Waals surface area contributed by atoms with Crippen molar-refractivity contribution in [2.24, 2.45) is 17.8 Å². The molecule has 1 saturated carbocycles. The molecule has 62 heavy (non-hydrogen) atoms. The first-order valence-electron chi connectivity index (χ1n) is 21.7. The smallest absolute Gasteiger partial charge is 0.387 e. The molecule has 8 aromatic carbocycles. The molecular weight excluding hydrogens is 792 g/mol. The summed E-state index contributed by atoms with van der Waals surface area (Å²) in [4.78, 5) is 28.0. The molecule has 1 aromatic heterocycles. The molecule has 1 heterocycles. The lowest BCUT2D eigenvalue weighted by Gasteiger charge is -2.35. The first-order valence-corrected chi connectivity index (χ1v) is 22.8. The molecule has 7 nitrogen and oxygen atoms in total. The number of hydrogen-bond donors (Lipinski definition) is 0. The highest BCUT2D eigenvalue weighted by Crippen LogP contribution is 2.52. The van der Waals surface area contributed by atoms with Gasteiger partial charge in [-0.1, -0.05) is 100.0 Å². The molecule has 0 saturated heterocycles. The van der Waals surface area contributed by atoms with Crippen molar-refractivity contribution in [3.63, 3.8) is 0 Å². The van der Waals surface area contributed by atoms with Crippen LogP contribution in [0.4, 0.5) is 0 Å². The highest BCUT2D eigenvalue weighted by atomic mass is 31.1. The zero-order valence-electron chi connectivity index (χ0n) is 36.8. The summed E-state index contributed by atoms with van der Waals surface area (Å²) in [5, 5.41) is 12.6. The first kappa shape index (κ1) is 40.2. The minimum atomic E-state index is -2.05. The molecule has 0 N–H and O–H groups in total. The van der Waals surface area contributed by atoms with E-state index in [1.54, 1.807) is 0 Å². The monoisotopic (exact) mass is 842 g/mol. The fourth-order valence-corrected chi connectivity index (χ4v) is 12.2. The Balaban J connectivity index is 1.58. The quantitative estimate of drug-likeness (QED) is 0.126. The van der Waals surface area contributed by atoms with Gasteiger partial charge < -0.3 is 17.9 Å². The van der Waals surface area contributed by atoms with Gasteiger partial charge in [0.2, 0.25) is 0 Å². The summed E-state index contributed by atoms with van der Waals surface area (Å²) in [6.07, 6.45) is 3.06. The number of benzene rings is 8. The van der Waals surface area contributed by atoms with Gasteiger partial charge in [0.1, 0.15) is 0 Å². The molecule has 0 unspecified atom stereocenters. The van der Waals surface area contributed by atoms with Gasteiger partial charge in [0, 0.05) is 21.5 Å². The fourth-order valence-electron chi connectivity index (χ4n) is 10.9. The van der Waals surface area contributed by atoms with E-state index in [0.29, 0.717) is 40.0 Å². The molecule has 0 bridgehead atoms. The van der Waals surface area contributed by atoms with Crippen LogP contribution in [0.15, 0.2) is 93.3 Å². The highest BCUT2D eigenvalue weighted by Gasteiger charge is 2.34. The summed E-state index contributed by atoms with van der Waals surface area (Å²) >= 11 is 0. The van der Waals surface area contributed by atoms with Crippen LogP contribution in [-0.4, -0.2) is 32.3 Å². The molecule has 0 aliphatic heterocycles. The zero-order valence-corrected chi connectivity index (χ0v) is 37.7. The maximum absolute atomic E-state index is 14.0. The summed E-state index contributed by atoms with van der Waals surface area (Å²) in [5.74, 6) is 0.381. The van der Waals surface area contributed by atoms with Gasteiger partial charge in [-0.3, -0.25) is 4.52 Å². The number of fused-ring (bicyclic) bond motifs is 17. The molecule has 1 aliphatic rings. The van der Waals surface area contributed by atoms with Crippen LogP contribution in [0.25, 0.3) is 86.6 Å².